The van der Waals surface area contributed by atoms with E-state index in [1.54, 1.807) is 6.07 Å². The molecule has 1 heterocycles. The van der Waals surface area contributed by atoms with Gasteiger partial charge in [-0.1, -0.05) is 23.2 Å². The lowest BCUT2D eigenvalue weighted by molar-refractivity contribution is 0.585. The predicted molar refractivity (Wildman–Crippen MR) is 74.6 cm³/mol. The molecule has 0 bridgehead atoms. The fourth-order valence-electron chi connectivity index (χ4n) is 2.00. The molecule has 0 unspecified atom stereocenters. The summed E-state index contributed by atoms with van der Waals surface area (Å²) in [7, 11) is 0. The van der Waals surface area contributed by atoms with E-state index in [1.807, 2.05) is 19.1 Å². The zero-order valence-corrected chi connectivity index (χ0v) is 11.2. The summed E-state index contributed by atoms with van der Waals surface area (Å²) >= 11 is 6.12. The molecule has 0 fully saturated rings. The molecule has 5 heteroatoms. The summed E-state index contributed by atoms with van der Waals surface area (Å²) in [6.07, 6.45) is 0. The third kappa shape index (κ3) is 2.23. The minimum atomic E-state index is -0.715. The highest BCUT2D eigenvalue weighted by Crippen LogP contribution is 2.27. The van der Waals surface area contributed by atoms with E-state index in [0.29, 0.717) is 10.9 Å². The summed E-state index contributed by atoms with van der Waals surface area (Å²) in [5.74, 6) is -1.22. The molecule has 0 saturated heterocycles. The molecule has 0 aliphatic rings. The summed E-state index contributed by atoms with van der Waals surface area (Å²) in [5.41, 5.74) is 1.77. The normalized spacial score (nSPS) is 11.0. The molecule has 0 atom stereocenters. The Morgan fingerprint density at radius 3 is 2.55 bits per heavy atom. The molecule has 2 aromatic carbocycles. The van der Waals surface area contributed by atoms with Crippen LogP contribution in [0.1, 0.15) is 5.56 Å². The first kappa shape index (κ1) is 12.9. The highest BCUT2D eigenvalue weighted by molar-refractivity contribution is 6.34. The van der Waals surface area contributed by atoms with Crippen LogP contribution in [0.3, 0.4) is 0 Å². The van der Waals surface area contributed by atoms with Gasteiger partial charge in [-0.3, -0.25) is 0 Å². The van der Waals surface area contributed by atoms with Gasteiger partial charge in [-0.05, 0) is 31.2 Å². The smallest absolute Gasteiger partial charge is 0.164 e. The lowest BCUT2D eigenvalue weighted by Crippen LogP contribution is -1.95. The summed E-state index contributed by atoms with van der Waals surface area (Å²) in [6.45, 7) is 1.93. The van der Waals surface area contributed by atoms with E-state index >= 15 is 0 Å². The van der Waals surface area contributed by atoms with Crippen molar-refractivity contribution < 1.29 is 8.78 Å². The highest BCUT2D eigenvalue weighted by Gasteiger charge is 2.12. The minimum absolute atomic E-state index is 0.121. The van der Waals surface area contributed by atoms with Crippen molar-refractivity contribution in [3.8, 4) is 11.4 Å². The van der Waals surface area contributed by atoms with Gasteiger partial charge in [0.15, 0.2) is 5.82 Å². The molecule has 0 aliphatic carbocycles. The predicted octanol–water partition coefficient (Wildman–Crippen LogP) is 4.54. The van der Waals surface area contributed by atoms with E-state index in [1.165, 1.54) is 6.07 Å². The van der Waals surface area contributed by atoms with E-state index in [4.69, 9.17) is 11.6 Å². The maximum absolute atomic E-state index is 13.8. The van der Waals surface area contributed by atoms with E-state index in [9.17, 15) is 8.78 Å². The maximum Gasteiger partial charge on any atom is 0.164 e. The van der Waals surface area contributed by atoms with Crippen molar-refractivity contribution in [3.63, 3.8) is 0 Å². The zero-order valence-electron chi connectivity index (χ0n) is 10.5. The highest BCUT2D eigenvalue weighted by atomic mass is 35.5. The summed E-state index contributed by atoms with van der Waals surface area (Å²) in [6, 6.07) is 8.80. The van der Waals surface area contributed by atoms with Crippen LogP contribution in [0.4, 0.5) is 8.78 Å². The van der Waals surface area contributed by atoms with Gasteiger partial charge in [0.2, 0.25) is 0 Å². The molecule has 0 amide bonds. The van der Waals surface area contributed by atoms with Crippen LogP contribution in [-0.2, 0) is 0 Å². The molecule has 3 aromatic rings. The molecule has 0 saturated carbocycles. The Morgan fingerprint density at radius 2 is 1.80 bits per heavy atom. The first-order valence-electron chi connectivity index (χ1n) is 5.94. The van der Waals surface area contributed by atoms with Crippen molar-refractivity contribution in [2.75, 3.05) is 0 Å². The van der Waals surface area contributed by atoms with E-state index in [-0.39, 0.29) is 16.5 Å². The van der Waals surface area contributed by atoms with Crippen LogP contribution < -0.4 is 0 Å². The zero-order chi connectivity index (χ0) is 14.3. The van der Waals surface area contributed by atoms with Crippen LogP contribution in [0.15, 0.2) is 36.4 Å². The average Bonchev–Trinajstić information content (AvgIpc) is 2.39. The average molecular weight is 291 g/mol. The van der Waals surface area contributed by atoms with Crippen molar-refractivity contribution >= 4 is 22.5 Å². The lowest BCUT2D eigenvalue weighted by Gasteiger charge is -2.06. The number of nitrogens with zero attached hydrogens (tertiary/aromatic N) is 2. The second-order valence-electron chi connectivity index (χ2n) is 4.48. The Labute approximate surface area is 119 Å². The number of hydrogen-bond donors (Lipinski definition) is 0. The largest absolute Gasteiger partial charge is 0.228 e. The molecule has 100 valence electrons. The molecule has 0 N–H and O–H groups in total. The standard InChI is InChI=1S/C15H9ClF2N2/c1-8-2-5-13-11(6-8)14(16)20-15(19-13)10-4-3-9(17)7-12(10)18/h2-7H,1H3. The molecular formula is C15H9ClF2N2. The Morgan fingerprint density at radius 1 is 1.00 bits per heavy atom. The Hall–Kier alpha value is -2.07. The Balaban J connectivity index is 2.24. The Kier molecular flexibility index (Phi) is 3.10. The van der Waals surface area contributed by atoms with Gasteiger partial charge in [0.05, 0.1) is 11.1 Å². The van der Waals surface area contributed by atoms with Gasteiger partial charge in [-0.25, -0.2) is 18.7 Å². The second kappa shape index (κ2) is 4.80. The number of hydrogen-bond acceptors (Lipinski definition) is 2. The van der Waals surface area contributed by atoms with Crippen LogP contribution in [0.25, 0.3) is 22.3 Å². The number of fused-ring (bicyclic) bond motifs is 1. The first-order valence-corrected chi connectivity index (χ1v) is 6.32. The molecular weight excluding hydrogens is 282 g/mol. The Bertz CT molecular complexity index is 818. The molecule has 0 radical (unpaired) electrons. The van der Waals surface area contributed by atoms with Gasteiger partial charge in [-0.2, -0.15) is 0 Å². The first-order chi connectivity index (χ1) is 9.54. The van der Waals surface area contributed by atoms with Gasteiger partial charge in [0.1, 0.15) is 16.8 Å². The van der Waals surface area contributed by atoms with Crippen LogP contribution in [0.2, 0.25) is 5.15 Å². The number of halogens is 3. The number of rotatable bonds is 1. The quantitative estimate of drug-likeness (QED) is 0.615. The molecule has 2 nitrogen and oxygen atoms in total. The summed E-state index contributed by atoms with van der Waals surface area (Å²) < 4.78 is 26.7. The van der Waals surface area contributed by atoms with E-state index in [0.717, 1.165) is 17.7 Å². The van der Waals surface area contributed by atoms with Gasteiger partial charge in [-0.15, -0.1) is 0 Å². The fourth-order valence-corrected chi connectivity index (χ4v) is 2.23. The lowest BCUT2D eigenvalue weighted by atomic mass is 10.1. The number of benzene rings is 2. The molecule has 0 spiro atoms. The van der Waals surface area contributed by atoms with Crippen LogP contribution >= 0.6 is 11.6 Å². The van der Waals surface area contributed by atoms with Gasteiger partial charge in [0, 0.05) is 11.5 Å². The van der Waals surface area contributed by atoms with Crippen molar-refractivity contribution in [2.45, 2.75) is 6.92 Å². The fraction of sp³-hybridized carbons (Fsp3) is 0.0667. The van der Waals surface area contributed by atoms with E-state index in [2.05, 4.69) is 9.97 Å². The topological polar surface area (TPSA) is 25.8 Å². The van der Waals surface area contributed by atoms with Crippen LogP contribution in [0.5, 0.6) is 0 Å². The SMILES string of the molecule is Cc1ccc2nc(-c3ccc(F)cc3F)nc(Cl)c2c1. The molecule has 1 aromatic heterocycles. The van der Waals surface area contributed by atoms with Crippen molar-refractivity contribution in [3.05, 3.63) is 58.7 Å². The summed E-state index contributed by atoms with van der Waals surface area (Å²) in [4.78, 5) is 8.37. The third-order valence-corrected chi connectivity index (χ3v) is 3.26. The van der Waals surface area contributed by atoms with Crippen molar-refractivity contribution in [2.24, 2.45) is 0 Å². The van der Waals surface area contributed by atoms with Crippen LogP contribution in [0, 0.1) is 18.6 Å². The van der Waals surface area contributed by atoms with Crippen molar-refractivity contribution in [1.29, 1.82) is 0 Å². The number of aromatic nitrogens is 2. The van der Waals surface area contributed by atoms with Gasteiger partial charge >= 0.3 is 0 Å². The molecule has 3 rings (SSSR count). The monoisotopic (exact) mass is 290 g/mol. The van der Waals surface area contributed by atoms with Crippen molar-refractivity contribution in [1.82, 2.24) is 9.97 Å². The maximum atomic E-state index is 13.8. The second-order valence-corrected chi connectivity index (χ2v) is 4.84. The molecule has 20 heavy (non-hydrogen) atoms. The minimum Gasteiger partial charge on any atom is -0.228 e. The molecule has 0 aliphatic heterocycles. The summed E-state index contributed by atoms with van der Waals surface area (Å²) in [5, 5.41) is 0.954. The number of aryl methyl sites for hydroxylation is 1. The van der Waals surface area contributed by atoms with Gasteiger partial charge < -0.3 is 0 Å². The van der Waals surface area contributed by atoms with Crippen LogP contribution in [-0.4, -0.2) is 9.97 Å². The van der Waals surface area contributed by atoms with Gasteiger partial charge in [0.25, 0.3) is 0 Å². The van der Waals surface area contributed by atoms with E-state index < -0.39 is 11.6 Å². The third-order valence-electron chi connectivity index (χ3n) is 2.98.